The van der Waals surface area contributed by atoms with Crippen LogP contribution in [0.1, 0.15) is 20.3 Å². The number of hydrogen-bond donors (Lipinski definition) is 1. The van der Waals surface area contributed by atoms with Crippen molar-refractivity contribution in [3.63, 3.8) is 0 Å². The van der Waals surface area contributed by atoms with Gasteiger partial charge in [0.15, 0.2) is 0 Å². The van der Waals surface area contributed by atoms with E-state index < -0.39 is 0 Å². The average Bonchev–Trinajstić information content (AvgIpc) is 2.40. The Morgan fingerprint density at radius 3 is 2.42 bits per heavy atom. The van der Waals surface area contributed by atoms with E-state index in [-0.39, 0.29) is 18.2 Å². The molecule has 0 radical (unpaired) electrons. The molecule has 5 nitrogen and oxygen atoms in total. The third-order valence-corrected chi connectivity index (χ3v) is 2.81. The van der Waals surface area contributed by atoms with Crippen LogP contribution in [0, 0.1) is 0 Å². The summed E-state index contributed by atoms with van der Waals surface area (Å²) in [5.41, 5.74) is 0.572. The SMILES string of the molecule is CCN(CC)C(=O)CC(=O)Nc1ccccc1OC. The number of amides is 2. The Morgan fingerprint density at radius 1 is 1.21 bits per heavy atom. The van der Waals surface area contributed by atoms with Crippen molar-refractivity contribution in [2.24, 2.45) is 0 Å². The van der Waals surface area contributed by atoms with E-state index in [1.807, 2.05) is 19.9 Å². The summed E-state index contributed by atoms with van der Waals surface area (Å²) in [7, 11) is 1.53. The van der Waals surface area contributed by atoms with Crippen LogP contribution in [0.25, 0.3) is 0 Å². The van der Waals surface area contributed by atoms with E-state index in [2.05, 4.69) is 5.32 Å². The largest absolute Gasteiger partial charge is 0.495 e. The normalized spacial score (nSPS) is 9.84. The highest BCUT2D eigenvalue weighted by molar-refractivity contribution is 6.04. The molecular formula is C14H20N2O3. The van der Waals surface area contributed by atoms with Crippen molar-refractivity contribution in [2.45, 2.75) is 20.3 Å². The van der Waals surface area contributed by atoms with E-state index in [4.69, 9.17) is 4.74 Å². The molecular weight excluding hydrogens is 244 g/mol. The first-order chi connectivity index (χ1) is 9.12. The molecule has 0 aliphatic rings. The minimum absolute atomic E-state index is 0.153. The number of rotatable bonds is 6. The zero-order valence-electron chi connectivity index (χ0n) is 11.6. The molecule has 0 aliphatic carbocycles. The quantitative estimate of drug-likeness (QED) is 0.798. The highest BCUT2D eigenvalue weighted by Gasteiger charge is 2.15. The molecule has 0 aromatic heterocycles. The van der Waals surface area contributed by atoms with Gasteiger partial charge < -0.3 is 15.0 Å². The van der Waals surface area contributed by atoms with Gasteiger partial charge >= 0.3 is 0 Å². The lowest BCUT2D eigenvalue weighted by atomic mass is 10.2. The second-order valence-electron chi connectivity index (χ2n) is 3.99. The fourth-order valence-electron chi connectivity index (χ4n) is 1.77. The lowest BCUT2D eigenvalue weighted by molar-refractivity contribution is -0.134. The third kappa shape index (κ3) is 4.28. The number of anilines is 1. The fraction of sp³-hybridized carbons (Fsp3) is 0.429. The van der Waals surface area contributed by atoms with Crippen LogP contribution in [0.15, 0.2) is 24.3 Å². The molecule has 0 fully saturated rings. The highest BCUT2D eigenvalue weighted by Crippen LogP contribution is 2.23. The zero-order valence-corrected chi connectivity index (χ0v) is 11.6. The molecule has 0 heterocycles. The Hall–Kier alpha value is -2.04. The number of carbonyl (C=O) groups is 2. The Bertz CT molecular complexity index is 442. The van der Waals surface area contributed by atoms with Crippen LogP contribution in [0.5, 0.6) is 5.75 Å². The van der Waals surface area contributed by atoms with Crippen molar-refractivity contribution in [3.8, 4) is 5.75 Å². The van der Waals surface area contributed by atoms with Gasteiger partial charge in [-0.05, 0) is 26.0 Å². The van der Waals surface area contributed by atoms with Crippen molar-refractivity contribution in [3.05, 3.63) is 24.3 Å². The molecule has 19 heavy (non-hydrogen) atoms. The highest BCUT2D eigenvalue weighted by atomic mass is 16.5. The Balaban J connectivity index is 2.63. The number of hydrogen-bond acceptors (Lipinski definition) is 3. The van der Waals surface area contributed by atoms with Gasteiger partial charge in [0.1, 0.15) is 12.2 Å². The van der Waals surface area contributed by atoms with Gasteiger partial charge in [-0.1, -0.05) is 12.1 Å². The number of ether oxygens (including phenoxy) is 1. The second-order valence-corrected chi connectivity index (χ2v) is 3.99. The van der Waals surface area contributed by atoms with Gasteiger partial charge in [0, 0.05) is 13.1 Å². The lowest BCUT2D eigenvalue weighted by Crippen LogP contribution is -2.33. The maximum absolute atomic E-state index is 11.8. The van der Waals surface area contributed by atoms with Crippen LogP contribution < -0.4 is 10.1 Å². The minimum Gasteiger partial charge on any atom is -0.495 e. The summed E-state index contributed by atoms with van der Waals surface area (Å²) in [6.45, 7) is 4.99. The predicted octanol–water partition coefficient (Wildman–Crippen LogP) is 1.89. The van der Waals surface area contributed by atoms with Gasteiger partial charge in [-0.25, -0.2) is 0 Å². The van der Waals surface area contributed by atoms with Gasteiger partial charge in [-0.2, -0.15) is 0 Å². The first-order valence-corrected chi connectivity index (χ1v) is 6.33. The van der Waals surface area contributed by atoms with Crippen LogP contribution in [-0.4, -0.2) is 36.9 Å². The summed E-state index contributed by atoms with van der Waals surface area (Å²) in [5.74, 6) is 0.0740. The fourth-order valence-corrected chi connectivity index (χ4v) is 1.77. The van der Waals surface area contributed by atoms with E-state index in [0.29, 0.717) is 24.5 Å². The minimum atomic E-state index is -0.332. The standard InChI is InChI=1S/C14H20N2O3/c1-4-16(5-2)14(18)10-13(17)15-11-8-6-7-9-12(11)19-3/h6-9H,4-5,10H2,1-3H3,(H,15,17). The summed E-state index contributed by atoms with van der Waals surface area (Å²) in [6.07, 6.45) is -0.153. The molecule has 0 saturated carbocycles. The summed E-state index contributed by atoms with van der Waals surface area (Å²) in [5, 5.41) is 2.68. The van der Waals surface area contributed by atoms with Crippen LogP contribution in [-0.2, 0) is 9.59 Å². The van der Waals surface area contributed by atoms with Gasteiger partial charge in [-0.3, -0.25) is 9.59 Å². The Kier molecular flexibility index (Phi) is 5.85. The summed E-state index contributed by atoms with van der Waals surface area (Å²) in [4.78, 5) is 25.2. The zero-order chi connectivity index (χ0) is 14.3. The van der Waals surface area contributed by atoms with Crippen LogP contribution >= 0.6 is 0 Å². The van der Waals surface area contributed by atoms with Gasteiger partial charge in [0.25, 0.3) is 0 Å². The first-order valence-electron chi connectivity index (χ1n) is 6.33. The summed E-state index contributed by atoms with van der Waals surface area (Å²) >= 11 is 0. The number of methoxy groups -OCH3 is 1. The molecule has 0 bridgehead atoms. The van der Waals surface area contributed by atoms with Gasteiger partial charge in [0.2, 0.25) is 11.8 Å². The van der Waals surface area contributed by atoms with Gasteiger partial charge in [-0.15, -0.1) is 0 Å². The molecule has 0 saturated heterocycles. The molecule has 0 spiro atoms. The third-order valence-electron chi connectivity index (χ3n) is 2.81. The Labute approximate surface area is 113 Å². The number of nitrogens with one attached hydrogen (secondary N) is 1. The van der Waals surface area contributed by atoms with E-state index in [1.54, 1.807) is 23.1 Å². The number of benzene rings is 1. The van der Waals surface area contributed by atoms with Crippen molar-refractivity contribution in [1.82, 2.24) is 4.90 Å². The van der Waals surface area contributed by atoms with Crippen LogP contribution in [0.4, 0.5) is 5.69 Å². The smallest absolute Gasteiger partial charge is 0.233 e. The van der Waals surface area contributed by atoms with E-state index in [1.165, 1.54) is 7.11 Å². The lowest BCUT2D eigenvalue weighted by Gasteiger charge is -2.18. The average molecular weight is 264 g/mol. The Morgan fingerprint density at radius 2 is 1.84 bits per heavy atom. The molecule has 0 aliphatic heterocycles. The van der Waals surface area contributed by atoms with Crippen molar-refractivity contribution in [1.29, 1.82) is 0 Å². The maximum atomic E-state index is 11.8. The molecule has 0 atom stereocenters. The number of nitrogens with zero attached hydrogens (tertiary/aromatic N) is 1. The molecule has 104 valence electrons. The monoisotopic (exact) mass is 264 g/mol. The number of para-hydroxylation sites is 2. The summed E-state index contributed by atoms with van der Waals surface area (Å²) in [6, 6.07) is 7.10. The molecule has 2 amide bonds. The first kappa shape index (κ1) is 15.0. The van der Waals surface area contributed by atoms with Crippen LogP contribution in [0.2, 0.25) is 0 Å². The molecule has 1 aromatic carbocycles. The predicted molar refractivity (Wildman–Crippen MR) is 74.2 cm³/mol. The van der Waals surface area contributed by atoms with Crippen LogP contribution in [0.3, 0.4) is 0 Å². The molecule has 1 aromatic rings. The molecule has 1 rings (SSSR count). The second kappa shape index (κ2) is 7.41. The molecule has 5 heteroatoms. The van der Waals surface area contributed by atoms with Crippen molar-refractivity contribution in [2.75, 3.05) is 25.5 Å². The van der Waals surface area contributed by atoms with Crippen molar-refractivity contribution < 1.29 is 14.3 Å². The number of carbonyl (C=O) groups excluding carboxylic acids is 2. The molecule has 1 N–H and O–H groups in total. The van der Waals surface area contributed by atoms with E-state index in [0.717, 1.165) is 0 Å². The topological polar surface area (TPSA) is 58.6 Å². The molecule has 0 unspecified atom stereocenters. The van der Waals surface area contributed by atoms with Crippen molar-refractivity contribution >= 4 is 17.5 Å². The van der Waals surface area contributed by atoms with Gasteiger partial charge in [0.05, 0.1) is 12.8 Å². The van der Waals surface area contributed by atoms with E-state index >= 15 is 0 Å². The maximum Gasteiger partial charge on any atom is 0.233 e. The summed E-state index contributed by atoms with van der Waals surface area (Å²) < 4.78 is 5.13. The van der Waals surface area contributed by atoms with E-state index in [9.17, 15) is 9.59 Å².